The molecule has 9 heteroatoms. The van der Waals surface area contributed by atoms with E-state index in [1.165, 1.54) is 29.9 Å². The number of benzene rings is 2. The Kier molecular flexibility index (Phi) is 5.32. The molecule has 0 saturated heterocycles. The predicted octanol–water partition coefficient (Wildman–Crippen LogP) is 4.34. The lowest BCUT2D eigenvalue weighted by atomic mass is 10.1. The number of methoxy groups -OCH3 is 1. The Morgan fingerprint density at radius 1 is 1.17 bits per heavy atom. The third-order valence-corrected chi connectivity index (χ3v) is 4.40. The number of carbonyl (C=O) groups excluding carboxylic acids is 2. The molecule has 2 aromatic carbocycles. The number of hydrogen-bond acceptors (Lipinski definition) is 4. The number of aromatic nitrogens is 1. The van der Waals surface area contributed by atoms with Crippen LogP contribution < -0.4 is 9.47 Å². The summed E-state index contributed by atoms with van der Waals surface area (Å²) < 4.78 is 61.1. The van der Waals surface area contributed by atoms with E-state index in [0.29, 0.717) is 16.6 Å². The molecular weight excluding hydrogens is 394 g/mol. The molecule has 0 amide bonds. The van der Waals surface area contributed by atoms with E-state index in [-0.39, 0.29) is 23.3 Å². The molecule has 0 aliphatic heterocycles. The first-order valence-corrected chi connectivity index (χ1v) is 8.29. The minimum Gasteiger partial charge on any atom is -0.494 e. The number of halogens is 4. The third kappa shape index (κ3) is 3.94. The van der Waals surface area contributed by atoms with Crippen LogP contribution in [0.1, 0.15) is 21.6 Å². The second kappa shape index (κ2) is 7.57. The maximum absolute atomic E-state index is 14.3. The quantitative estimate of drug-likeness (QED) is 0.590. The summed E-state index contributed by atoms with van der Waals surface area (Å²) in [5.41, 5.74) is 1.11. The second-order valence-electron chi connectivity index (χ2n) is 6.10. The van der Waals surface area contributed by atoms with E-state index < -0.39 is 23.8 Å². The molecule has 0 saturated carbocycles. The summed E-state index contributed by atoms with van der Waals surface area (Å²) in [6.07, 6.45) is -3.22. The van der Waals surface area contributed by atoms with E-state index in [9.17, 15) is 27.2 Å². The lowest BCUT2D eigenvalue weighted by Gasteiger charge is -2.11. The molecule has 29 heavy (non-hydrogen) atoms. The third-order valence-electron chi connectivity index (χ3n) is 4.40. The summed E-state index contributed by atoms with van der Waals surface area (Å²) in [6.45, 7) is 1.58. The van der Waals surface area contributed by atoms with E-state index in [0.717, 1.165) is 18.2 Å². The van der Waals surface area contributed by atoms with Crippen molar-refractivity contribution in [3.8, 4) is 11.5 Å². The molecule has 0 N–H and O–H groups in total. The van der Waals surface area contributed by atoms with Crippen LogP contribution in [0, 0.1) is 12.7 Å². The molecule has 0 aliphatic rings. The van der Waals surface area contributed by atoms with Gasteiger partial charge in [0.15, 0.2) is 11.6 Å². The van der Waals surface area contributed by atoms with E-state index in [1.54, 1.807) is 13.2 Å². The largest absolute Gasteiger partial charge is 0.573 e. The van der Waals surface area contributed by atoms with Gasteiger partial charge in [-0.25, -0.2) is 4.39 Å². The molecule has 0 unspecified atom stereocenters. The van der Waals surface area contributed by atoms with Crippen LogP contribution in [-0.2, 0) is 11.2 Å². The Hall–Kier alpha value is -3.36. The van der Waals surface area contributed by atoms with Crippen molar-refractivity contribution in [3.63, 3.8) is 0 Å². The minimum atomic E-state index is -4.85. The summed E-state index contributed by atoms with van der Waals surface area (Å²) >= 11 is 0. The molecule has 3 aromatic rings. The SMILES string of the molecule is COc1cc2c(C[C]=O)c(C)n(C(=O)c3ccc(OC(F)(F)F)cc3)c2cc1F. The summed E-state index contributed by atoms with van der Waals surface area (Å²) in [4.78, 5) is 24.0. The average Bonchev–Trinajstić information content (AvgIpc) is 2.91. The van der Waals surface area contributed by atoms with E-state index >= 15 is 0 Å². The average molecular weight is 408 g/mol. The Morgan fingerprint density at radius 2 is 1.83 bits per heavy atom. The normalized spacial score (nSPS) is 11.5. The first-order valence-electron chi connectivity index (χ1n) is 8.29. The fraction of sp³-hybridized carbons (Fsp3) is 0.200. The van der Waals surface area contributed by atoms with Crippen LogP contribution in [0.15, 0.2) is 36.4 Å². The molecule has 0 fully saturated rings. The van der Waals surface area contributed by atoms with E-state index in [4.69, 9.17) is 4.74 Å². The first kappa shape index (κ1) is 20.4. The summed E-state index contributed by atoms with van der Waals surface area (Å²) in [6, 6.07) is 6.83. The van der Waals surface area contributed by atoms with Gasteiger partial charge in [0.05, 0.1) is 12.6 Å². The highest BCUT2D eigenvalue weighted by molar-refractivity contribution is 6.04. The fourth-order valence-electron chi connectivity index (χ4n) is 3.12. The van der Waals surface area contributed by atoms with Crippen LogP contribution in [0.25, 0.3) is 10.9 Å². The lowest BCUT2D eigenvalue weighted by Crippen LogP contribution is -2.17. The number of fused-ring (bicyclic) bond motifs is 1. The molecule has 0 aliphatic carbocycles. The van der Waals surface area contributed by atoms with Gasteiger partial charge in [0.25, 0.3) is 5.91 Å². The zero-order valence-electron chi connectivity index (χ0n) is 15.3. The van der Waals surface area contributed by atoms with Crippen molar-refractivity contribution < 1.29 is 36.6 Å². The zero-order valence-corrected chi connectivity index (χ0v) is 15.3. The van der Waals surface area contributed by atoms with Crippen molar-refractivity contribution in [2.24, 2.45) is 0 Å². The van der Waals surface area contributed by atoms with Crippen molar-refractivity contribution in [1.82, 2.24) is 4.57 Å². The number of rotatable bonds is 5. The maximum Gasteiger partial charge on any atom is 0.573 e. The summed E-state index contributed by atoms with van der Waals surface area (Å²) in [5.74, 6) is -1.84. The van der Waals surface area contributed by atoms with E-state index in [2.05, 4.69) is 4.74 Å². The monoisotopic (exact) mass is 408 g/mol. The number of carbonyl (C=O) groups is 1. The summed E-state index contributed by atoms with van der Waals surface area (Å²) in [5, 5.41) is 0.439. The topological polar surface area (TPSA) is 57.5 Å². The predicted molar refractivity (Wildman–Crippen MR) is 95.4 cm³/mol. The smallest absolute Gasteiger partial charge is 0.494 e. The lowest BCUT2D eigenvalue weighted by molar-refractivity contribution is -0.274. The van der Waals surface area contributed by atoms with Gasteiger partial charge in [-0.1, -0.05) is 0 Å². The van der Waals surface area contributed by atoms with Gasteiger partial charge in [-0.2, -0.15) is 0 Å². The Labute approximate surface area is 162 Å². The van der Waals surface area contributed by atoms with Crippen LogP contribution in [0.5, 0.6) is 11.5 Å². The highest BCUT2D eigenvalue weighted by atomic mass is 19.4. The standard InChI is InChI=1S/C20H14F4NO4/c1-11-14(7-8-26)15-9-18(28-2)16(21)10-17(15)25(11)19(27)12-3-5-13(6-4-12)29-20(22,23)24/h3-6,9-10H,7H2,1-2H3. The Bertz CT molecular complexity index is 1080. The molecule has 1 aromatic heterocycles. The molecule has 1 radical (unpaired) electrons. The number of ether oxygens (including phenoxy) is 2. The van der Waals surface area contributed by atoms with Crippen molar-refractivity contribution >= 4 is 23.1 Å². The molecule has 0 bridgehead atoms. The van der Waals surface area contributed by atoms with E-state index in [1.807, 2.05) is 0 Å². The van der Waals surface area contributed by atoms with Crippen LogP contribution in [-0.4, -0.2) is 30.2 Å². The van der Waals surface area contributed by atoms with Crippen LogP contribution >= 0.6 is 0 Å². The zero-order chi connectivity index (χ0) is 21.3. The van der Waals surface area contributed by atoms with Crippen LogP contribution in [0.2, 0.25) is 0 Å². The minimum absolute atomic E-state index is 0.0529. The van der Waals surface area contributed by atoms with Gasteiger partial charge in [0.2, 0.25) is 6.29 Å². The second-order valence-corrected chi connectivity index (χ2v) is 6.10. The van der Waals surface area contributed by atoms with Gasteiger partial charge >= 0.3 is 6.36 Å². The van der Waals surface area contributed by atoms with Crippen molar-refractivity contribution in [2.45, 2.75) is 19.7 Å². The molecule has 3 rings (SSSR count). The molecule has 0 spiro atoms. The summed E-state index contributed by atoms with van der Waals surface area (Å²) in [7, 11) is 1.29. The van der Waals surface area contributed by atoms with Gasteiger partial charge < -0.3 is 9.47 Å². The van der Waals surface area contributed by atoms with Crippen molar-refractivity contribution in [2.75, 3.05) is 7.11 Å². The number of nitrogens with zero attached hydrogens (tertiary/aromatic N) is 1. The maximum atomic E-state index is 14.3. The highest BCUT2D eigenvalue weighted by Gasteiger charge is 2.31. The first-order chi connectivity index (χ1) is 13.7. The fourth-order valence-corrected chi connectivity index (χ4v) is 3.12. The van der Waals surface area contributed by atoms with Gasteiger partial charge in [0, 0.05) is 29.1 Å². The van der Waals surface area contributed by atoms with Crippen LogP contribution in [0.4, 0.5) is 17.6 Å². The number of alkyl halides is 3. The Morgan fingerprint density at radius 3 is 2.38 bits per heavy atom. The molecular formula is C20H14F4NO4. The Balaban J connectivity index is 2.11. The van der Waals surface area contributed by atoms with Gasteiger partial charge in [-0.15, -0.1) is 13.2 Å². The molecule has 1 heterocycles. The number of hydrogen-bond donors (Lipinski definition) is 0. The van der Waals surface area contributed by atoms with Gasteiger partial charge in [0.1, 0.15) is 5.75 Å². The highest BCUT2D eigenvalue weighted by Crippen LogP contribution is 2.32. The molecule has 151 valence electrons. The molecule has 5 nitrogen and oxygen atoms in total. The van der Waals surface area contributed by atoms with Gasteiger partial charge in [-0.3, -0.25) is 14.2 Å². The van der Waals surface area contributed by atoms with Crippen molar-refractivity contribution in [3.05, 3.63) is 59.0 Å². The van der Waals surface area contributed by atoms with Crippen LogP contribution in [0.3, 0.4) is 0 Å². The van der Waals surface area contributed by atoms with Gasteiger partial charge in [-0.05, 0) is 42.8 Å². The molecule has 0 atom stereocenters. The van der Waals surface area contributed by atoms with Crippen molar-refractivity contribution in [1.29, 1.82) is 0 Å².